The van der Waals surface area contributed by atoms with E-state index in [2.05, 4.69) is 15.9 Å². The molecular weight excluding hydrogens is 358 g/mol. The minimum Gasteiger partial charge on any atom is -0.493 e. The number of sulfonamides is 1. The van der Waals surface area contributed by atoms with Gasteiger partial charge in [0.1, 0.15) is 11.5 Å². The Morgan fingerprint density at radius 1 is 1.29 bits per heavy atom. The first-order valence-corrected chi connectivity index (χ1v) is 8.66. The molecule has 0 fully saturated rings. The molecule has 0 atom stereocenters. The summed E-state index contributed by atoms with van der Waals surface area (Å²) < 4.78 is 37.8. The summed E-state index contributed by atoms with van der Waals surface area (Å²) in [5.41, 5.74) is 0.935. The van der Waals surface area contributed by atoms with Crippen molar-refractivity contribution in [3.8, 4) is 5.75 Å². The van der Waals surface area contributed by atoms with Crippen molar-refractivity contribution < 1.29 is 17.6 Å². The molecule has 112 valence electrons. The number of fused-ring (bicyclic) bond motifs is 1. The molecule has 3 rings (SSSR count). The van der Waals surface area contributed by atoms with Gasteiger partial charge in [-0.25, -0.2) is 8.42 Å². The van der Waals surface area contributed by atoms with Crippen molar-refractivity contribution in [2.24, 2.45) is 0 Å². The molecule has 1 aliphatic rings. The van der Waals surface area contributed by atoms with E-state index in [1.165, 1.54) is 11.4 Å². The molecule has 0 amide bonds. The summed E-state index contributed by atoms with van der Waals surface area (Å²) in [6.45, 7) is 0.788. The topological polar surface area (TPSA) is 59.8 Å². The molecule has 1 aliphatic heterocycles. The van der Waals surface area contributed by atoms with Gasteiger partial charge in [-0.05, 0) is 51.8 Å². The molecule has 0 bridgehead atoms. The number of rotatable bonds is 4. The molecule has 0 saturated heterocycles. The first kappa shape index (κ1) is 14.6. The normalized spacial score (nSPS) is 14.2. The highest BCUT2D eigenvalue weighted by Crippen LogP contribution is 2.29. The third-order valence-electron chi connectivity index (χ3n) is 3.38. The summed E-state index contributed by atoms with van der Waals surface area (Å²) in [4.78, 5) is 0.278. The van der Waals surface area contributed by atoms with E-state index in [0.717, 1.165) is 17.7 Å². The van der Waals surface area contributed by atoms with E-state index >= 15 is 0 Å². The third kappa shape index (κ3) is 2.86. The lowest BCUT2D eigenvalue weighted by Gasteiger charge is -2.16. The number of hydrogen-bond acceptors (Lipinski definition) is 4. The second kappa shape index (κ2) is 5.47. The first-order valence-electron chi connectivity index (χ1n) is 6.43. The summed E-state index contributed by atoms with van der Waals surface area (Å²) in [5.74, 6) is 1.35. The van der Waals surface area contributed by atoms with Gasteiger partial charge in [0.05, 0.1) is 18.0 Å². The van der Waals surface area contributed by atoms with Gasteiger partial charge >= 0.3 is 0 Å². The average Bonchev–Trinajstić information content (AvgIpc) is 3.06. The van der Waals surface area contributed by atoms with Gasteiger partial charge in [-0.15, -0.1) is 0 Å². The van der Waals surface area contributed by atoms with Crippen LogP contribution < -0.4 is 4.74 Å². The number of ether oxygens (including phenoxy) is 1. The SMILES string of the molecule is CN(Cc1ccc(Br)o1)S(=O)(=O)c1ccc2c(c1)CCO2. The highest BCUT2D eigenvalue weighted by molar-refractivity contribution is 9.10. The van der Waals surface area contributed by atoms with E-state index in [1.54, 1.807) is 30.3 Å². The maximum atomic E-state index is 12.6. The molecule has 0 aliphatic carbocycles. The number of benzene rings is 1. The van der Waals surface area contributed by atoms with Crippen LogP contribution in [0, 0.1) is 0 Å². The molecule has 7 heteroatoms. The smallest absolute Gasteiger partial charge is 0.243 e. The van der Waals surface area contributed by atoms with Crippen LogP contribution in [-0.4, -0.2) is 26.4 Å². The molecule has 0 unspecified atom stereocenters. The summed E-state index contributed by atoms with van der Waals surface area (Å²) in [6, 6.07) is 8.46. The fourth-order valence-electron chi connectivity index (χ4n) is 2.24. The fourth-order valence-corrected chi connectivity index (χ4v) is 3.77. The van der Waals surface area contributed by atoms with E-state index in [1.807, 2.05) is 0 Å². The Morgan fingerprint density at radius 2 is 2.10 bits per heavy atom. The van der Waals surface area contributed by atoms with Crippen LogP contribution in [0.15, 0.2) is 44.3 Å². The van der Waals surface area contributed by atoms with Crippen molar-refractivity contribution >= 4 is 26.0 Å². The molecular formula is C14H14BrNO4S. The maximum Gasteiger partial charge on any atom is 0.243 e. The zero-order valence-electron chi connectivity index (χ0n) is 11.4. The largest absolute Gasteiger partial charge is 0.493 e. The number of furan rings is 1. The summed E-state index contributed by atoms with van der Waals surface area (Å²) in [5, 5.41) is 0. The zero-order valence-corrected chi connectivity index (χ0v) is 13.8. The van der Waals surface area contributed by atoms with Gasteiger partial charge in [-0.2, -0.15) is 4.31 Å². The molecule has 5 nitrogen and oxygen atoms in total. The maximum absolute atomic E-state index is 12.6. The molecule has 2 heterocycles. The molecule has 0 saturated carbocycles. The van der Waals surface area contributed by atoms with Gasteiger partial charge < -0.3 is 9.15 Å². The Balaban J connectivity index is 1.85. The number of halogens is 1. The standard InChI is InChI=1S/C14H14BrNO4S/c1-16(9-11-2-5-14(15)20-11)21(17,18)12-3-4-13-10(8-12)6-7-19-13/h2-5,8H,6-7,9H2,1H3. The summed E-state index contributed by atoms with van der Waals surface area (Å²) in [7, 11) is -2.01. The minimum atomic E-state index is -3.55. The van der Waals surface area contributed by atoms with E-state index in [4.69, 9.17) is 9.15 Å². The van der Waals surface area contributed by atoms with Gasteiger partial charge in [0.2, 0.25) is 10.0 Å². The number of hydrogen-bond donors (Lipinski definition) is 0. The predicted molar refractivity (Wildman–Crippen MR) is 80.7 cm³/mol. The molecule has 0 N–H and O–H groups in total. The average molecular weight is 372 g/mol. The second-order valence-electron chi connectivity index (χ2n) is 4.83. The Labute approximate surface area is 131 Å². The quantitative estimate of drug-likeness (QED) is 0.828. The van der Waals surface area contributed by atoms with Crippen LogP contribution >= 0.6 is 15.9 Å². The lowest BCUT2D eigenvalue weighted by Crippen LogP contribution is -2.26. The molecule has 21 heavy (non-hydrogen) atoms. The van der Waals surface area contributed by atoms with Crippen molar-refractivity contribution in [1.29, 1.82) is 0 Å². The summed E-state index contributed by atoms with van der Waals surface area (Å²) >= 11 is 3.20. The van der Waals surface area contributed by atoms with E-state index < -0.39 is 10.0 Å². The Morgan fingerprint density at radius 3 is 2.81 bits per heavy atom. The van der Waals surface area contributed by atoms with Crippen molar-refractivity contribution in [1.82, 2.24) is 4.31 Å². The van der Waals surface area contributed by atoms with Gasteiger partial charge in [-0.3, -0.25) is 0 Å². The van der Waals surface area contributed by atoms with Crippen molar-refractivity contribution in [2.75, 3.05) is 13.7 Å². The van der Waals surface area contributed by atoms with Crippen molar-refractivity contribution in [3.63, 3.8) is 0 Å². The Hall–Kier alpha value is -1.31. The van der Waals surface area contributed by atoms with Crippen LogP contribution in [0.3, 0.4) is 0 Å². The predicted octanol–water partition coefficient (Wildman–Crippen LogP) is 2.80. The Kier molecular flexibility index (Phi) is 3.81. The van der Waals surface area contributed by atoms with Crippen molar-refractivity contribution in [3.05, 3.63) is 46.3 Å². The van der Waals surface area contributed by atoms with Gasteiger partial charge in [-0.1, -0.05) is 0 Å². The lowest BCUT2D eigenvalue weighted by atomic mass is 10.2. The monoisotopic (exact) mass is 371 g/mol. The van der Waals surface area contributed by atoms with E-state index in [0.29, 0.717) is 17.0 Å². The second-order valence-corrected chi connectivity index (χ2v) is 7.66. The molecule has 0 radical (unpaired) electrons. The van der Waals surface area contributed by atoms with E-state index in [-0.39, 0.29) is 11.4 Å². The fraction of sp³-hybridized carbons (Fsp3) is 0.286. The van der Waals surface area contributed by atoms with Gasteiger partial charge in [0, 0.05) is 13.5 Å². The van der Waals surface area contributed by atoms with Crippen LogP contribution in [0.1, 0.15) is 11.3 Å². The van der Waals surface area contributed by atoms with E-state index in [9.17, 15) is 8.42 Å². The third-order valence-corrected chi connectivity index (χ3v) is 5.60. The molecule has 2 aromatic rings. The van der Waals surface area contributed by atoms with Crippen LogP contribution in [0.5, 0.6) is 5.75 Å². The lowest BCUT2D eigenvalue weighted by molar-refractivity contribution is 0.356. The first-order chi connectivity index (χ1) is 9.96. The molecule has 1 aromatic carbocycles. The highest BCUT2D eigenvalue weighted by Gasteiger charge is 2.24. The van der Waals surface area contributed by atoms with Crippen molar-refractivity contribution in [2.45, 2.75) is 17.9 Å². The Bertz CT molecular complexity index is 769. The van der Waals surface area contributed by atoms with Crippen LogP contribution in [0.2, 0.25) is 0 Å². The molecule has 1 aromatic heterocycles. The van der Waals surface area contributed by atoms with Gasteiger partial charge in [0.25, 0.3) is 0 Å². The highest BCUT2D eigenvalue weighted by atomic mass is 79.9. The van der Waals surface area contributed by atoms with Crippen LogP contribution in [0.25, 0.3) is 0 Å². The van der Waals surface area contributed by atoms with Crippen LogP contribution in [0.4, 0.5) is 0 Å². The molecule has 0 spiro atoms. The van der Waals surface area contributed by atoms with Gasteiger partial charge in [0.15, 0.2) is 4.67 Å². The number of nitrogens with zero attached hydrogens (tertiary/aromatic N) is 1. The summed E-state index contributed by atoms with van der Waals surface area (Å²) in [6.07, 6.45) is 0.744. The van der Waals surface area contributed by atoms with Crippen LogP contribution in [-0.2, 0) is 23.0 Å². The minimum absolute atomic E-state index is 0.182. The zero-order chi connectivity index (χ0) is 15.0.